The van der Waals surface area contributed by atoms with Gasteiger partial charge in [0.15, 0.2) is 0 Å². The van der Waals surface area contributed by atoms with Gasteiger partial charge in [-0.1, -0.05) is 13.8 Å². The normalized spacial score (nSPS) is 32.8. The molecule has 0 amide bonds. The van der Waals surface area contributed by atoms with Crippen LogP contribution in [0.1, 0.15) is 26.9 Å². The smallest absolute Gasteiger partial charge is 0.145 e. The van der Waals surface area contributed by atoms with Gasteiger partial charge in [0, 0.05) is 23.6 Å². The predicted octanol–water partition coefficient (Wildman–Crippen LogP) is 2.57. The van der Waals surface area contributed by atoms with Crippen LogP contribution in [0.3, 0.4) is 0 Å². The van der Waals surface area contributed by atoms with Crippen LogP contribution in [-0.4, -0.2) is 20.1 Å². The first-order chi connectivity index (χ1) is 6.68. The van der Waals surface area contributed by atoms with Crippen molar-refractivity contribution in [3.05, 3.63) is 18.5 Å². The first kappa shape index (κ1) is 9.77. The Morgan fingerprint density at radius 2 is 2.21 bits per heavy atom. The van der Waals surface area contributed by atoms with Crippen LogP contribution in [0.4, 0.5) is 0 Å². The molecule has 0 bridgehead atoms. The van der Waals surface area contributed by atoms with Gasteiger partial charge in [0.05, 0.1) is 5.04 Å². The third-order valence-corrected chi connectivity index (χ3v) is 3.92. The molecule has 3 nitrogen and oxygen atoms in total. The van der Waals surface area contributed by atoms with Crippen molar-refractivity contribution in [3.63, 3.8) is 0 Å². The Hall–Kier alpha value is -0.770. The molecular weight excluding hydrogens is 194 g/mol. The van der Waals surface area contributed by atoms with Crippen molar-refractivity contribution in [2.45, 2.75) is 32.2 Å². The molecule has 0 saturated carbocycles. The minimum absolute atomic E-state index is 0.182. The van der Waals surface area contributed by atoms with Crippen LogP contribution in [0.5, 0.6) is 0 Å². The molecule has 0 radical (unpaired) electrons. The SMILES string of the molecule is CC1=NC(n2cccn2)C(C)C(C)S1. The number of aliphatic imine (C=N–C) groups is 1. The average Bonchev–Trinajstić information content (AvgIpc) is 2.63. The Morgan fingerprint density at radius 1 is 1.43 bits per heavy atom. The van der Waals surface area contributed by atoms with Crippen molar-refractivity contribution in [1.29, 1.82) is 0 Å². The average molecular weight is 209 g/mol. The first-order valence-corrected chi connectivity index (χ1v) is 5.76. The molecule has 1 aliphatic rings. The number of rotatable bonds is 1. The Balaban J connectivity index is 2.30. The lowest BCUT2D eigenvalue weighted by molar-refractivity contribution is 0.334. The van der Waals surface area contributed by atoms with Gasteiger partial charge in [-0.15, -0.1) is 11.8 Å². The highest BCUT2D eigenvalue weighted by Crippen LogP contribution is 2.35. The summed E-state index contributed by atoms with van der Waals surface area (Å²) in [7, 11) is 0. The molecule has 4 heteroatoms. The van der Waals surface area contributed by atoms with Crippen molar-refractivity contribution < 1.29 is 0 Å². The zero-order chi connectivity index (χ0) is 10.1. The fraction of sp³-hybridized carbons (Fsp3) is 0.600. The van der Waals surface area contributed by atoms with Crippen molar-refractivity contribution in [2.24, 2.45) is 10.9 Å². The van der Waals surface area contributed by atoms with Gasteiger partial charge in [0.1, 0.15) is 6.17 Å². The molecule has 1 aromatic rings. The van der Waals surface area contributed by atoms with E-state index in [4.69, 9.17) is 0 Å². The lowest BCUT2D eigenvalue weighted by Crippen LogP contribution is -2.28. The van der Waals surface area contributed by atoms with Crippen LogP contribution >= 0.6 is 11.8 Å². The van der Waals surface area contributed by atoms with E-state index in [0.717, 1.165) is 5.04 Å². The molecule has 1 aromatic heterocycles. The van der Waals surface area contributed by atoms with E-state index in [1.165, 1.54) is 0 Å². The van der Waals surface area contributed by atoms with E-state index in [9.17, 15) is 0 Å². The topological polar surface area (TPSA) is 30.2 Å². The number of aromatic nitrogens is 2. The first-order valence-electron chi connectivity index (χ1n) is 4.88. The summed E-state index contributed by atoms with van der Waals surface area (Å²) in [5.74, 6) is 0.531. The summed E-state index contributed by atoms with van der Waals surface area (Å²) in [5, 5.41) is 6.04. The summed E-state index contributed by atoms with van der Waals surface area (Å²) >= 11 is 1.86. The summed E-state index contributed by atoms with van der Waals surface area (Å²) in [6.07, 6.45) is 3.98. The molecule has 2 heterocycles. The second-order valence-electron chi connectivity index (χ2n) is 3.73. The van der Waals surface area contributed by atoms with Gasteiger partial charge in [-0.2, -0.15) is 5.10 Å². The van der Waals surface area contributed by atoms with E-state index < -0.39 is 0 Å². The van der Waals surface area contributed by atoms with E-state index in [2.05, 4.69) is 30.9 Å². The molecular formula is C10H15N3S. The van der Waals surface area contributed by atoms with E-state index in [0.29, 0.717) is 11.2 Å². The predicted molar refractivity (Wildman–Crippen MR) is 60.6 cm³/mol. The molecule has 0 saturated heterocycles. The summed E-state index contributed by atoms with van der Waals surface area (Å²) in [6, 6.07) is 1.95. The van der Waals surface area contributed by atoms with Gasteiger partial charge in [-0.05, 0) is 13.0 Å². The zero-order valence-corrected chi connectivity index (χ0v) is 9.53. The highest BCUT2D eigenvalue weighted by atomic mass is 32.2. The highest BCUT2D eigenvalue weighted by molar-refractivity contribution is 8.14. The Labute approximate surface area is 88.6 Å². The van der Waals surface area contributed by atoms with E-state index >= 15 is 0 Å². The summed E-state index contributed by atoms with van der Waals surface area (Å²) < 4.78 is 1.95. The van der Waals surface area contributed by atoms with Crippen molar-refractivity contribution in [3.8, 4) is 0 Å². The second-order valence-corrected chi connectivity index (χ2v) is 5.30. The molecule has 14 heavy (non-hydrogen) atoms. The summed E-state index contributed by atoms with van der Waals surface area (Å²) in [6.45, 7) is 6.56. The van der Waals surface area contributed by atoms with E-state index in [1.54, 1.807) is 0 Å². The van der Waals surface area contributed by atoms with Crippen molar-refractivity contribution in [2.75, 3.05) is 0 Å². The third-order valence-electron chi connectivity index (χ3n) is 2.68. The second kappa shape index (κ2) is 3.77. The van der Waals surface area contributed by atoms with Crippen LogP contribution < -0.4 is 0 Å². The number of hydrogen-bond acceptors (Lipinski definition) is 3. The highest BCUT2D eigenvalue weighted by Gasteiger charge is 2.29. The fourth-order valence-corrected chi connectivity index (χ4v) is 2.75. The minimum atomic E-state index is 0.182. The van der Waals surface area contributed by atoms with Gasteiger partial charge in [-0.25, -0.2) is 4.68 Å². The molecule has 1 aliphatic heterocycles. The third kappa shape index (κ3) is 1.71. The Kier molecular flexibility index (Phi) is 2.63. The lowest BCUT2D eigenvalue weighted by atomic mass is 10.1. The monoisotopic (exact) mass is 209 g/mol. The van der Waals surface area contributed by atoms with Gasteiger partial charge in [-0.3, -0.25) is 4.99 Å². The molecule has 0 aromatic carbocycles. The van der Waals surface area contributed by atoms with Crippen LogP contribution in [0.15, 0.2) is 23.5 Å². The number of thioether (sulfide) groups is 1. The number of hydrogen-bond donors (Lipinski definition) is 0. The Morgan fingerprint density at radius 3 is 2.86 bits per heavy atom. The molecule has 0 fully saturated rings. The maximum atomic E-state index is 4.64. The largest absolute Gasteiger partial charge is 0.256 e. The van der Waals surface area contributed by atoms with Gasteiger partial charge in [0.2, 0.25) is 0 Å². The molecule has 76 valence electrons. The molecule has 0 spiro atoms. The number of nitrogens with zero attached hydrogens (tertiary/aromatic N) is 3. The maximum absolute atomic E-state index is 4.64. The summed E-state index contributed by atoms with van der Waals surface area (Å²) in [4.78, 5) is 4.64. The van der Waals surface area contributed by atoms with Crippen LogP contribution in [0.25, 0.3) is 0 Å². The molecule has 0 aliphatic carbocycles. The van der Waals surface area contributed by atoms with Gasteiger partial charge < -0.3 is 0 Å². The quantitative estimate of drug-likeness (QED) is 0.711. The van der Waals surface area contributed by atoms with Crippen LogP contribution in [-0.2, 0) is 0 Å². The molecule has 2 rings (SSSR count). The van der Waals surface area contributed by atoms with E-state index in [1.807, 2.05) is 34.9 Å². The van der Waals surface area contributed by atoms with Crippen LogP contribution in [0.2, 0.25) is 0 Å². The summed E-state index contributed by atoms with van der Waals surface area (Å²) in [5.41, 5.74) is 0. The standard InChI is InChI=1S/C10H15N3S/c1-7-8(2)14-9(3)12-10(7)13-6-4-5-11-13/h4-8,10H,1-3H3. The Bertz CT molecular complexity index is 331. The van der Waals surface area contributed by atoms with Gasteiger partial charge in [0.25, 0.3) is 0 Å². The van der Waals surface area contributed by atoms with E-state index in [-0.39, 0.29) is 6.17 Å². The molecule has 3 atom stereocenters. The lowest BCUT2D eigenvalue weighted by Gasteiger charge is -2.30. The minimum Gasteiger partial charge on any atom is -0.256 e. The molecule has 0 N–H and O–H groups in total. The van der Waals surface area contributed by atoms with Crippen molar-refractivity contribution in [1.82, 2.24) is 9.78 Å². The zero-order valence-electron chi connectivity index (χ0n) is 8.71. The van der Waals surface area contributed by atoms with Crippen molar-refractivity contribution >= 4 is 16.8 Å². The maximum Gasteiger partial charge on any atom is 0.145 e. The van der Waals surface area contributed by atoms with Crippen LogP contribution in [0, 0.1) is 5.92 Å². The molecule has 3 unspecified atom stereocenters. The fourth-order valence-electron chi connectivity index (χ4n) is 1.69. The van der Waals surface area contributed by atoms with Gasteiger partial charge >= 0.3 is 0 Å².